The van der Waals surface area contributed by atoms with Gasteiger partial charge in [0.25, 0.3) is 11.5 Å². The first kappa shape index (κ1) is 31.6. The maximum Gasteiger partial charge on any atom is 0.469 e. The molecular formula is C23H27N6O11P. The molecule has 18 heteroatoms. The average molecular weight is 594 g/mol. The molecule has 4 unspecified atom stereocenters. The van der Waals surface area contributed by atoms with Crippen LogP contribution in [0, 0.1) is 11.8 Å². The van der Waals surface area contributed by atoms with Crippen LogP contribution in [0.2, 0.25) is 0 Å². The molecule has 1 saturated heterocycles. The summed E-state index contributed by atoms with van der Waals surface area (Å²) < 4.78 is 32.5. The van der Waals surface area contributed by atoms with Crippen LogP contribution < -0.4 is 21.3 Å². The minimum absolute atomic E-state index is 0.0577. The van der Waals surface area contributed by atoms with Gasteiger partial charge in [0.1, 0.15) is 30.3 Å². The maximum atomic E-state index is 12.5. The van der Waals surface area contributed by atoms with Crippen LogP contribution in [-0.2, 0) is 18.6 Å². The standard InChI is InChI=1S/C23H27N6O11P/c1-2-37-19(27-28-24)13-38-16-7-3-5-14(9-16)21(31)25-8-4-6-15-11-29(23(33)26-22(15)32)20-10-17(30)18(40-20)12-39-41(34,35)36/h3,5,7,9,11,17-20,30H,2,8,10,12-13H2,1H3,(H,25,31)(H,26,32,33)(H2,34,35,36). The third kappa shape index (κ3) is 9.57. The number of H-pyrrole nitrogens is 1. The van der Waals surface area contributed by atoms with E-state index in [1.54, 1.807) is 19.1 Å². The first-order valence-corrected chi connectivity index (χ1v) is 13.6. The zero-order valence-corrected chi connectivity index (χ0v) is 22.5. The molecule has 3 rings (SSSR count). The lowest BCUT2D eigenvalue weighted by Gasteiger charge is -2.16. The van der Waals surface area contributed by atoms with E-state index < -0.39 is 56.2 Å². The van der Waals surface area contributed by atoms with Gasteiger partial charge in [-0.25, -0.2) is 9.36 Å². The Morgan fingerprint density at radius 3 is 2.90 bits per heavy atom. The van der Waals surface area contributed by atoms with Gasteiger partial charge in [-0.2, -0.15) is 0 Å². The van der Waals surface area contributed by atoms with E-state index in [0.29, 0.717) is 12.4 Å². The van der Waals surface area contributed by atoms with Gasteiger partial charge in [0.2, 0.25) is 0 Å². The number of azide groups is 1. The smallest absolute Gasteiger partial charge is 0.469 e. The highest BCUT2D eigenvalue weighted by molar-refractivity contribution is 7.46. The van der Waals surface area contributed by atoms with Crippen LogP contribution in [-0.4, -0.2) is 75.2 Å². The topological polar surface area (TPSA) is 247 Å². The van der Waals surface area contributed by atoms with Gasteiger partial charge in [0.15, 0.2) is 6.23 Å². The Labute approximate surface area is 231 Å². The van der Waals surface area contributed by atoms with E-state index in [4.69, 9.17) is 29.5 Å². The maximum absolute atomic E-state index is 12.5. The summed E-state index contributed by atoms with van der Waals surface area (Å²) in [4.78, 5) is 59.5. The minimum atomic E-state index is -4.80. The molecule has 41 heavy (non-hydrogen) atoms. The molecule has 1 amide bonds. The van der Waals surface area contributed by atoms with Gasteiger partial charge in [-0.15, -0.1) is 0 Å². The van der Waals surface area contributed by atoms with E-state index in [-0.39, 0.29) is 30.7 Å². The van der Waals surface area contributed by atoms with Crippen LogP contribution in [0.25, 0.3) is 10.4 Å². The van der Waals surface area contributed by atoms with Crippen molar-refractivity contribution in [2.24, 2.45) is 5.11 Å². The molecule has 0 bridgehead atoms. The summed E-state index contributed by atoms with van der Waals surface area (Å²) in [5.41, 5.74) is 7.06. The Kier molecular flexibility index (Phi) is 11.2. The molecule has 1 fully saturated rings. The van der Waals surface area contributed by atoms with E-state index in [0.717, 1.165) is 10.8 Å². The molecular weight excluding hydrogens is 567 g/mol. The summed E-state index contributed by atoms with van der Waals surface area (Å²) in [6.45, 7) is 1.22. The second-order valence-corrected chi connectivity index (χ2v) is 9.61. The monoisotopic (exact) mass is 594 g/mol. The third-order valence-corrected chi connectivity index (χ3v) is 5.96. The second kappa shape index (κ2) is 14.6. The number of benzene rings is 1. The molecule has 4 atom stereocenters. The van der Waals surface area contributed by atoms with Crippen LogP contribution in [0.1, 0.15) is 35.5 Å². The predicted molar refractivity (Wildman–Crippen MR) is 140 cm³/mol. The van der Waals surface area contributed by atoms with Crippen LogP contribution in [0.15, 0.2) is 45.2 Å². The van der Waals surface area contributed by atoms with Crippen LogP contribution in [0.4, 0.5) is 0 Å². The fourth-order valence-corrected chi connectivity index (χ4v) is 3.96. The predicted octanol–water partition coefficient (Wildman–Crippen LogP) is 0.127. The molecule has 17 nitrogen and oxygen atoms in total. The fraction of sp³-hybridized carbons (Fsp3) is 0.435. The van der Waals surface area contributed by atoms with Crippen molar-refractivity contribution >= 4 is 13.7 Å². The summed E-state index contributed by atoms with van der Waals surface area (Å²) in [6.07, 6.45) is -3.22. The lowest BCUT2D eigenvalue weighted by molar-refractivity contribution is -0.0451. The van der Waals surface area contributed by atoms with E-state index in [2.05, 4.69) is 36.7 Å². The Morgan fingerprint density at radius 2 is 2.20 bits per heavy atom. The zero-order valence-electron chi connectivity index (χ0n) is 21.6. The molecule has 0 radical (unpaired) electrons. The van der Waals surface area contributed by atoms with Crippen molar-refractivity contribution in [3.05, 3.63) is 72.9 Å². The minimum Gasteiger partial charge on any atom is -0.491 e. The molecule has 0 saturated carbocycles. The molecule has 1 aliphatic heterocycles. The van der Waals surface area contributed by atoms with Crippen molar-refractivity contribution in [1.82, 2.24) is 14.9 Å². The van der Waals surface area contributed by atoms with Gasteiger partial charge >= 0.3 is 13.5 Å². The highest BCUT2D eigenvalue weighted by Gasteiger charge is 2.37. The number of amides is 1. The van der Waals surface area contributed by atoms with E-state index in [1.807, 2.05) is 0 Å². The normalized spacial score (nSPS) is 19.0. The fourth-order valence-electron chi connectivity index (χ4n) is 3.62. The Balaban J connectivity index is 1.61. The molecule has 1 aromatic carbocycles. The van der Waals surface area contributed by atoms with Gasteiger partial charge < -0.3 is 34.4 Å². The number of carbonyl (C=O) groups excluding carboxylic acids is 1. The summed E-state index contributed by atoms with van der Waals surface area (Å²) in [5, 5.41) is 16.2. The van der Waals surface area contributed by atoms with Crippen molar-refractivity contribution in [2.45, 2.75) is 38.0 Å². The van der Waals surface area contributed by atoms with Crippen molar-refractivity contribution < 1.29 is 43.0 Å². The van der Waals surface area contributed by atoms with Gasteiger partial charge in [0, 0.05) is 29.7 Å². The van der Waals surface area contributed by atoms with Gasteiger partial charge in [-0.3, -0.25) is 23.7 Å². The first-order valence-electron chi connectivity index (χ1n) is 12.1. The van der Waals surface area contributed by atoms with Gasteiger partial charge in [-0.1, -0.05) is 23.0 Å². The number of nitrogens with one attached hydrogen (secondary N) is 2. The summed E-state index contributed by atoms with van der Waals surface area (Å²) in [6, 6.07) is 6.21. The van der Waals surface area contributed by atoms with Crippen molar-refractivity contribution in [3.63, 3.8) is 0 Å². The van der Waals surface area contributed by atoms with Gasteiger partial charge in [0.05, 0.1) is 19.3 Å². The van der Waals surface area contributed by atoms with Crippen LogP contribution in [0.3, 0.4) is 0 Å². The van der Waals surface area contributed by atoms with E-state index in [9.17, 15) is 24.1 Å². The molecule has 1 aromatic heterocycles. The van der Waals surface area contributed by atoms with Crippen LogP contribution in [0.5, 0.6) is 5.75 Å². The number of ether oxygens (including phenoxy) is 3. The number of rotatable bonds is 12. The molecule has 0 spiro atoms. The first-order chi connectivity index (χ1) is 19.5. The highest BCUT2D eigenvalue weighted by Crippen LogP contribution is 2.38. The SMILES string of the molecule is CCOC(COc1cccc(C(=O)NCC#Cc2cn(C3CC(O)C(COP(=O)(O)O)O3)c(=O)[nH]c2=O)c1)N=[N+]=[N-]. The van der Waals surface area contributed by atoms with Gasteiger partial charge in [-0.05, 0) is 30.7 Å². The average Bonchev–Trinajstić information content (AvgIpc) is 3.29. The van der Waals surface area contributed by atoms with Crippen molar-refractivity contribution in [3.8, 4) is 17.6 Å². The number of nitrogens with zero attached hydrogens (tertiary/aromatic N) is 4. The number of hydrogen-bond acceptors (Lipinski definition) is 10. The molecule has 220 valence electrons. The zero-order chi connectivity index (χ0) is 30.0. The number of hydrogen-bond donors (Lipinski definition) is 5. The molecule has 1 aliphatic rings. The number of phosphoric ester groups is 1. The Morgan fingerprint density at radius 1 is 1.41 bits per heavy atom. The number of aromatic amines is 1. The number of phosphoric acid groups is 1. The summed E-state index contributed by atoms with van der Waals surface area (Å²) >= 11 is 0. The van der Waals surface area contributed by atoms with Crippen molar-refractivity contribution in [1.29, 1.82) is 0 Å². The third-order valence-electron chi connectivity index (χ3n) is 5.48. The highest BCUT2D eigenvalue weighted by atomic mass is 31.2. The number of aliphatic hydroxyl groups excluding tert-OH is 1. The lowest BCUT2D eigenvalue weighted by atomic mass is 10.2. The number of aliphatic hydroxyl groups is 1. The molecule has 2 heterocycles. The summed E-state index contributed by atoms with van der Waals surface area (Å²) in [7, 11) is -4.80. The van der Waals surface area contributed by atoms with E-state index in [1.165, 1.54) is 12.1 Å². The molecule has 5 N–H and O–H groups in total. The van der Waals surface area contributed by atoms with E-state index >= 15 is 0 Å². The molecule has 0 aliphatic carbocycles. The lowest BCUT2D eigenvalue weighted by Crippen LogP contribution is -2.33. The quantitative estimate of drug-likeness (QED) is 0.0726. The number of carbonyl (C=O) groups is 1. The molecule has 2 aromatic rings. The second-order valence-electron chi connectivity index (χ2n) is 8.37. The Hall–Kier alpha value is -3.97. The largest absolute Gasteiger partial charge is 0.491 e. The van der Waals surface area contributed by atoms with Crippen LogP contribution >= 0.6 is 7.82 Å². The summed E-state index contributed by atoms with van der Waals surface area (Å²) in [5.74, 6) is 5.01. The Bertz CT molecular complexity index is 1500. The van der Waals surface area contributed by atoms with Crippen molar-refractivity contribution in [2.75, 3.05) is 26.4 Å². The number of aromatic nitrogens is 2.